The van der Waals surface area contributed by atoms with Crippen molar-refractivity contribution in [3.8, 4) is 0 Å². The molecule has 0 radical (unpaired) electrons. The molecule has 1 heterocycles. The lowest BCUT2D eigenvalue weighted by Crippen LogP contribution is -2.16. The monoisotopic (exact) mass is 302 g/mol. The number of nitrogens with one attached hydrogen (secondary N) is 1. The van der Waals surface area contributed by atoms with Gasteiger partial charge in [0.25, 0.3) is 0 Å². The summed E-state index contributed by atoms with van der Waals surface area (Å²) in [6.07, 6.45) is 1.47. The molecule has 0 aliphatic heterocycles. The van der Waals surface area contributed by atoms with Crippen molar-refractivity contribution < 1.29 is 18.0 Å². The van der Waals surface area contributed by atoms with Crippen molar-refractivity contribution in [1.82, 2.24) is 14.8 Å². The Bertz CT molecular complexity index is 647. The molecule has 0 saturated carbocycles. The predicted molar refractivity (Wildman–Crippen MR) is 66.7 cm³/mol. The minimum atomic E-state index is -1.62. The number of hydrogen-bond donors (Lipinski definition) is 1. The van der Waals surface area contributed by atoms with Crippen LogP contribution in [0.25, 0.3) is 0 Å². The molecule has 0 aliphatic carbocycles. The molecule has 2 rings (SSSR count). The lowest BCUT2D eigenvalue weighted by Gasteiger charge is -2.06. The topological polar surface area (TPSA) is 59.8 Å². The van der Waals surface area contributed by atoms with E-state index in [0.29, 0.717) is 5.16 Å². The molecule has 0 spiro atoms. The number of halogens is 3. The van der Waals surface area contributed by atoms with Crippen LogP contribution >= 0.6 is 11.8 Å². The zero-order chi connectivity index (χ0) is 14.7. The summed E-state index contributed by atoms with van der Waals surface area (Å²) in [5.41, 5.74) is -0.410. The minimum Gasteiger partial charge on any atom is -0.323 e. The first-order chi connectivity index (χ1) is 9.49. The summed E-state index contributed by atoms with van der Waals surface area (Å²) in [4.78, 5) is 11.6. The van der Waals surface area contributed by atoms with Gasteiger partial charge < -0.3 is 9.88 Å². The van der Waals surface area contributed by atoms with Gasteiger partial charge in [0.15, 0.2) is 22.6 Å². The van der Waals surface area contributed by atoms with Crippen molar-refractivity contribution in [2.75, 3.05) is 11.1 Å². The van der Waals surface area contributed by atoms with Gasteiger partial charge in [0, 0.05) is 7.05 Å². The Balaban J connectivity index is 1.98. The Labute approximate surface area is 116 Å². The maximum Gasteiger partial charge on any atom is 0.234 e. The fourth-order valence-electron chi connectivity index (χ4n) is 1.34. The number of anilines is 1. The Morgan fingerprint density at radius 3 is 2.75 bits per heavy atom. The molecule has 1 aromatic carbocycles. The van der Waals surface area contributed by atoms with Crippen molar-refractivity contribution in [2.45, 2.75) is 5.16 Å². The van der Waals surface area contributed by atoms with Crippen LogP contribution in [0.5, 0.6) is 0 Å². The first-order valence-electron chi connectivity index (χ1n) is 5.39. The van der Waals surface area contributed by atoms with E-state index in [4.69, 9.17) is 0 Å². The zero-order valence-corrected chi connectivity index (χ0v) is 11.0. The van der Waals surface area contributed by atoms with Crippen molar-refractivity contribution in [1.29, 1.82) is 0 Å². The number of aromatic nitrogens is 3. The van der Waals surface area contributed by atoms with Crippen LogP contribution in [-0.4, -0.2) is 26.4 Å². The molecular formula is C11H9F3N4OS. The summed E-state index contributed by atoms with van der Waals surface area (Å²) < 4.78 is 40.6. The second-order valence-corrected chi connectivity index (χ2v) is 4.73. The number of thioether (sulfide) groups is 1. The van der Waals surface area contributed by atoms with E-state index >= 15 is 0 Å². The summed E-state index contributed by atoms with van der Waals surface area (Å²) in [6, 6.07) is 1.70. The number of nitrogens with zero attached hydrogens (tertiary/aromatic N) is 3. The second kappa shape index (κ2) is 5.95. The molecule has 0 bridgehead atoms. The van der Waals surface area contributed by atoms with Gasteiger partial charge in [-0.05, 0) is 12.1 Å². The molecule has 1 amide bonds. The maximum absolute atomic E-state index is 13.3. The van der Waals surface area contributed by atoms with Crippen LogP contribution in [0, 0.1) is 17.5 Å². The summed E-state index contributed by atoms with van der Waals surface area (Å²) in [6.45, 7) is 0. The smallest absolute Gasteiger partial charge is 0.234 e. The van der Waals surface area contributed by atoms with E-state index in [1.165, 1.54) is 6.33 Å². The van der Waals surface area contributed by atoms with Gasteiger partial charge in [-0.15, -0.1) is 10.2 Å². The Morgan fingerprint density at radius 1 is 1.35 bits per heavy atom. The normalized spacial score (nSPS) is 10.6. The molecule has 9 heteroatoms. The van der Waals surface area contributed by atoms with Gasteiger partial charge in [-0.2, -0.15) is 0 Å². The first kappa shape index (κ1) is 14.4. The number of carbonyl (C=O) groups excluding carboxylic acids is 1. The molecule has 1 aromatic heterocycles. The Kier molecular flexibility index (Phi) is 4.28. The summed E-state index contributed by atoms with van der Waals surface area (Å²) >= 11 is 1.08. The zero-order valence-electron chi connectivity index (χ0n) is 10.2. The van der Waals surface area contributed by atoms with Crippen LogP contribution in [0.15, 0.2) is 23.6 Å². The van der Waals surface area contributed by atoms with Crippen LogP contribution in [0.2, 0.25) is 0 Å². The number of carbonyl (C=O) groups is 1. The number of hydrogen-bond acceptors (Lipinski definition) is 4. The molecule has 0 saturated heterocycles. The summed E-state index contributed by atoms with van der Waals surface area (Å²) in [7, 11) is 1.70. The lowest BCUT2D eigenvalue weighted by atomic mass is 10.3. The van der Waals surface area contributed by atoms with Gasteiger partial charge in [0.05, 0.1) is 11.4 Å². The van der Waals surface area contributed by atoms with Crippen molar-refractivity contribution in [3.63, 3.8) is 0 Å². The molecule has 106 valence electrons. The van der Waals surface area contributed by atoms with Crippen LogP contribution in [-0.2, 0) is 11.8 Å². The van der Waals surface area contributed by atoms with Gasteiger partial charge in [-0.3, -0.25) is 4.79 Å². The third-order valence-corrected chi connectivity index (χ3v) is 3.35. The molecule has 5 nitrogen and oxygen atoms in total. The van der Waals surface area contributed by atoms with Gasteiger partial charge >= 0.3 is 0 Å². The second-order valence-electron chi connectivity index (χ2n) is 3.78. The van der Waals surface area contributed by atoms with E-state index in [1.54, 1.807) is 11.6 Å². The molecule has 0 fully saturated rings. The summed E-state index contributed by atoms with van der Waals surface area (Å²) in [5.74, 6) is -4.99. The van der Waals surface area contributed by atoms with E-state index in [2.05, 4.69) is 15.5 Å². The first-order valence-corrected chi connectivity index (χ1v) is 6.37. The van der Waals surface area contributed by atoms with E-state index in [1.807, 2.05) is 0 Å². The van der Waals surface area contributed by atoms with Gasteiger partial charge in [-0.1, -0.05) is 11.8 Å². The van der Waals surface area contributed by atoms with E-state index < -0.39 is 29.0 Å². The van der Waals surface area contributed by atoms with E-state index in [9.17, 15) is 18.0 Å². The molecule has 0 aliphatic rings. The average molecular weight is 302 g/mol. The van der Waals surface area contributed by atoms with E-state index in [-0.39, 0.29) is 5.75 Å². The fourth-order valence-corrected chi connectivity index (χ4v) is 2.03. The summed E-state index contributed by atoms with van der Waals surface area (Å²) in [5, 5.41) is 10.0. The number of rotatable bonds is 4. The largest absolute Gasteiger partial charge is 0.323 e. The van der Waals surface area contributed by atoms with Gasteiger partial charge in [0.2, 0.25) is 5.91 Å². The average Bonchev–Trinajstić information content (AvgIpc) is 2.83. The fraction of sp³-hybridized carbons (Fsp3) is 0.182. The van der Waals surface area contributed by atoms with Crippen molar-refractivity contribution >= 4 is 23.4 Å². The molecule has 0 atom stereocenters. The highest BCUT2D eigenvalue weighted by molar-refractivity contribution is 7.99. The highest BCUT2D eigenvalue weighted by Gasteiger charge is 2.15. The van der Waals surface area contributed by atoms with Crippen LogP contribution in [0.1, 0.15) is 0 Å². The predicted octanol–water partition coefficient (Wildman–Crippen LogP) is 1.96. The van der Waals surface area contributed by atoms with E-state index in [0.717, 1.165) is 23.9 Å². The van der Waals surface area contributed by atoms with Crippen molar-refractivity contribution in [3.05, 3.63) is 35.9 Å². The standard InChI is InChI=1S/C11H9F3N4OS/c1-18-5-15-17-11(18)20-4-8(19)16-7-3-2-6(12)9(13)10(7)14/h2-3,5H,4H2,1H3,(H,16,19). The number of aryl methyl sites for hydroxylation is 1. The quantitative estimate of drug-likeness (QED) is 0.693. The minimum absolute atomic E-state index is 0.0645. The Hall–Kier alpha value is -2.03. The SMILES string of the molecule is Cn1cnnc1SCC(=O)Nc1ccc(F)c(F)c1F. The number of benzene rings is 1. The number of amides is 1. The molecule has 0 unspecified atom stereocenters. The molecular weight excluding hydrogens is 293 g/mol. The highest BCUT2D eigenvalue weighted by Crippen LogP contribution is 2.20. The Morgan fingerprint density at radius 2 is 2.10 bits per heavy atom. The van der Waals surface area contributed by atoms with Crippen LogP contribution < -0.4 is 5.32 Å². The van der Waals surface area contributed by atoms with Gasteiger partial charge in [-0.25, -0.2) is 13.2 Å². The van der Waals surface area contributed by atoms with Crippen molar-refractivity contribution in [2.24, 2.45) is 7.05 Å². The molecule has 20 heavy (non-hydrogen) atoms. The third-order valence-electron chi connectivity index (χ3n) is 2.31. The molecule has 1 N–H and O–H groups in total. The molecule has 2 aromatic rings. The maximum atomic E-state index is 13.3. The highest BCUT2D eigenvalue weighted by atomic mass is 32.2. The lowest BCUT2D eigenvalue weighted by molar-refractivity contribution is -0.113. The van der Waals surface area contributed by atoms with Crippen LogP contribution in [0.4, 0.5) is 18.9 Å². The third kappa shape index (κ3) is 3.10. The van der Waals surface area contributed by atoms with Gasteiger partial charge in [0.1, 0.15) is 6.33 Å². The van der Waals surface area contributed by atoms with Crippen LogP contribution in [0.3, 0.4) is 0 Å².